The Bertz CT molecular complexity index is 6310. The Morgan fingerprint density at radius 1 is 0.381 bits per heavy atom. The number of halogens is 1. The number of rotatable bonds is 32. The molecule has 0 saturated heterocycles. The number of carboxylic acids is 1. The van der Waals surface area contributed by atoms with Crippen molar-refractivity contribution in [2.45, 2.75) is 139 Å². The molecule has 6 atom stereocenters. The number of benzene rings is 6. The third-order valence-corrected chi connectivity index (χ3v) is 22.8. The Labute approximate surface area is 794 Å². The summed E-state index contributed by atoms with van der Waals surface area (Å²) in [5.41, 5.74) is 11.7. The van der Waals surface area contributed by atoms with Crippen LogP contribution in [0.2, 0.25) is 0 Å². The number of aliphatic carboxylic acids is 1. The molecule has 3 unspecified atom stereocenters. The molecule has 0 aliphatic carbocycles. The van der Waals surface area contributed by atoms with Crippen LogP contribution in [0, 0.1) is 59.3 Å². The number of aromatic nitrogens is 9. The first-order valence-corrected chi connectivity index (χ1v) is 43.0. The van der Waals surface area contributed by atoms with Crippen molar-refractivity contribution in [1.29, 1.82) is 0 Å². The van der Waals surface area contributed by atoms with Crippen LogP contribution in [0.25, 0.3) is 33.4 Å². The van der Waals surface area contributed by atoms with Gasteiger partial charge in [0.15, 0.2) is 28.8 Å². The molecule has 5 N–H and O–H groups in total. The van der Waals surface area contributed by atoms with E-state index in [4.69, 9.17) is 35.3 Å². The van der Waals surface area contributed by atoms with Gasteiger partial charge in [0.1, 0.15) is 36.3 Å². The number of esters is 2. The number of carbonyl (C=O) groups excluding carboxylic acids is 8. The van der Waals surface area contributed by atoms with Gasteiger partial charge >= 0.3 is 36.8 Å². The summed E-state index contributed by atoms with van der Waals surface area (Å²) < 4.78 is 35.4. The van der Waals surface area contributed by atoms with Gasteiger partial charge in [0.25, 0.3) is 21.9 Å². The molecule has 31 nitrogen and oxygen atoms in total. The zero-order valence-corrected chi connectivity index (χ0v) is 79.9. The Kier molecular flexibility index (Phi) is 39.0. The van der Waals surface area contributed by atoms with Gasteiger partial charge in [-0.05, 0) is 129 Å². The van der Waals surface area contributed by atoms with E-state index in [0.29, 0.717) is 95.4 Å². The second-order valence-electron chi connectivity index (χ2n) is 32.7. The molecule has 3 amide bonds. The van der Waals surface area contributed by atoms with Crippen molar-refractivity contribution in [2.24, 2.45) is 38.9 Å². The third kappa shape index (κ3) is 25.8. The number of hydrogen-bond acceptors (Lipinski definition) is 21. The normalized spacial score (nSPS) is 12.1. The van der Waals surface area contributed by atoms with Gasteiger partial charge in [0.05, 0.1) is 70.8 Å². The van der Waals surface area contributed by atoms with Gasteiger partial charge in [-0.15, -0.1) is 0 Å². The van der Waals surface area contributed by atoms with E-state index in [1.165, 1.54) is 68.2 Å². The molecule has 0 saturated carbocycles. The maximum Gasteiger partial charge on any atom is 1.00 e. The monoisotopic (exact) mass is 1840 g/mol. The van der Waals surface area contributed by atoms with E-state index in [1.807, 2.05) is 144 Å². The summed E-state index contributed by atoms with van der Waals surface area (Å²) in [5, 5.41) is 30.1. The van der Waals surface area contributed by atoms with Crippen LogP contribution in [0.15, 0.2) is 221 Å². The number of amides is 3. The number of carboxylic acid groups (broad SMARTS) is 1. The fourth-order valence-corrected chi connectivity index (χ4v) is 15.9. The van der Waals surface area contributed by atoms with Crippen molar-refractivity contribution in [1.82, 2.24) is 59.0 Å². The molecular formula is C101H114ClLiN12O19. The molecule has 0 bridgehead atoms. The van der Waals surface area contributed by atoms with Crippen LogP contribution < -0.4 is 65.7 Å². The Balaban J connectivity index is 0.000000260. The molecule has 33 heteroatoms. The van der Waals surface area contributed by atoms with Crippen molar-refractivity contribution in [2.75, 3.05) is 35.5 Å². The van der Waals surface area contributed by atoms with Crippen LogP contribution in [0.4, 0.5) is 0 Å². The number of ether oxygens (including phenoxy) is 5. The molecule has 0 aliphatic rings. The Hall–Kier alpha value is -14.1. The van der Waals surface area contributed by atoms with E-state index in [0.717, 1.165) is 33.9 Å². The van der Waals surface area contributed by atoms with E-state index in [2.05, 4.69) is 31.2 Å². The number of hydrogen-bond donors (Lipinski definition) is 4. The Morgan fingerprint density at radius 2 is 0.649 bits per heavy atom. The van der Waals surface area contributed by atoms with Gasteiger partial charge in [0.2, 0.25) is 17.7 Å². The SMILES string of the molecule is COC(=O)[C@H](Cc1ccc(-c2c(OC)cnn(C)c2=O)cc1)NC(=O)C(C(C)C)n1c(C)cc(C(=O)c2ccccc2)c1C.COC(=O)[C@H](Cc1ccc(-c2c(OC)cnn(C)c2=O)cc1)NC(=O)C(C(C)C)n1c(C)ccc1C.COc1cnn(C)c(=O)c1-c1ccc(C[C@H](NC(=O)C(C(C)C)n2c(C)cc(C(=O)c3ccccc3)c2C)C(=O)O)cc1.O=C(Cl)c1ccccc1.[Li+].[OH-]. The van der Waals surface area contributed by atoms with Crippen LogP contribution in [0.5, 0.6) is 17.2 Å². The Morgan fingerprint density at radius 3 is 0.903 bits per heavy atom. The maximum absolute atomic E-state index is 13.9. The number of aryl methyl sites for hydroxylation is 7. The van der Waals surface area contributed by atoms with Crippen LogP contribution in [-0.2, 0) is 78.6 Å². The smallest absolute Gasteiger partial charge is 0.870 e. The van der Waals surface area contributed by atoms with Crippen LogP contribution >= 0.6 is 11.6 Å². The van der Waals surface area contributed by atoms with E-state index in [-0.39, 0.29) is 101 Å². The molecule has 700 valence electrons. The van der Waals surface area contributed by atoms with E-state index in [1.54, 1.807) is 162 Å². The molecule has 0 aliphatic heterocycles. The van der Waals surface area contributed by atoms with E-state index in [9.17, 15) is 62.6 Å². The van der Waals surface area contributed by atoms with Crippen molar-refractivity contribution >= 4 is 64.0 Å². The third-order valence-electron chi connectivity index (χ3n) is 22.6. The predicted molar refractivity (Wildman–Crippen MR) is 505 cm³/mol. The van der Waals surface area contributed by atoms with Crippen LogP contribution in [0.1, 0.15) is 153 Å². The minimum Gasteiger partial charge on any atom is -0.870 e. The minimum absolute atomic E-state index is 0. The van der Waals surface area contributed by atoms with Gasteiger partial charge < -0.3 is 63.9 Å². The second-order valence-corrected chi connectivity index (χ2v) is 33.1. The fourth-order valence-electron chi connectivity index (χ4n) is 15.8. The largest absolute Gasteiger partial charge is 1.00 e. The number of ketones is 2. The first-order valence-electron chi connectivity index (χ1n) is 42.7. The van der Waals surface area contributed by atoms with Crippen LogP contribution in [0.3, 0.4) is 0 Å². The summed E-state index contributed by atoms with van der Waals surface area (Å²) in [4.78, 5) is 154. The zero-order valence-electron chi connectivity index (χ0n) is 79.2. The first kappa shape index (κ1) is 107. The summed E-state index contributed by atoms with van der Waals surface area (Å²) in [6.45, 7) is 22.8. The zero-order chi connectivity index (χ0) is 96.8. The minimum atomic E-state index is -1.20. The fraction of sp³-hybridized carbons (Fsp3) is 0.317. The number of carbonyl (C=O) groups is 9. The van der Waals surface area contributed by atoms with Crippen molar-refractivity contribution in [3.8, 4) is 50.6 Å². The quantitative estimate of drug-likeness (QED) is 0.0132. The number of nitrogens with one attached hydrogen (secondary N) is 3. The van der Waals surface area contributed by atoms with Gasteiger partial charge in [-0.3, -0.25) is 43.2 Å². The maximum atomic E-state index is 13.9. The molecule has 0 radical (unpaired) electrons. The second kappa shape index (κ2) is 48.9. The van der Waals surface area contributed by atoms with Crippen molar-refractivity contribution < 1.29 is 96.3 Å². The molecule has 12 rings (SSSR count). The molecular weight excluding hydrogens is 1730 g/mol. The van der Waals surface area contributed by atoms with Gasteiger partial charge in [-0.1, -0.05) is 205 Å². The first-order chi connectivity index (χ1) is 62.8. The van der Waals surface area contributed by atoms with Crippen molar-refractivity contribution in [3.63, 3.8) is 0 Å². The van der Waals surface area contributed by atoms with Gasteiger partial charge in [-0.2, -0.15) is 15.3 Å². The molecule has 6 aromatic carbocycles. The summed E-state index contributed by atoms with van der Waals surface area (Å²) in [7, 11) is 11.7. The molecule has 0 fully saturated rings. The summed E-state index contributed by atoms with van der Waals surface area (Å²) in [6, 6.07) is 50.5. The van der Waals surface area contributed by atoms with Gasteiger partial charge in [0, 0.05) is 102 Å². The summed E-state index contributed by atoms with van der Waals surface area (Å²) >= 11 is 5.16. The molecule has 12 aromatic rings. The summed E-state index contributed by atoms with van der Waals surface area (Å²) in [5.74, 6) is -2.91. The van der Waals surface area contributed by atoms with E-state index >= 15 is 0 Å². The van der Waals surface area contributed by atoms with Crippen LogP contribution in [-0.4, -0.2) is 160 Å². The molecule has 0 spiro atoms. The predicted octanol–water partition coefficient (Wildman–Crippen LogP) is 10.2. The summed E-state index contributed by atoms with van der Waals surface area (Å²) in [6.07, 6.45) is 4.86. The number of methoxy groups -OCH3 is 5. The average molecular weight is 1840 g/mol. The topological polar surface area (TPSA) is 406 Å². The van der Waals surface area contributed by atoms with Crippen molar-refractivity contribution in [3.05, 3.63) is 316 Å². The number of nitrogens with zero attached hydrogens (tertiary/aromatic N) is 9. The standard InChI is InChI=1S/C34H38N4O6.C33H36N4O6.C27H34N4O5.C7H5ClO.Li.H2O/c1-20(2)30(38-21(3)17-26(22(38)4)31(39)25-11-9-8-10-12-25)32(40)36-27(34(42)44-7)18-23-13-15-24(16-14-23)29-28(43-6)19-35-37(5)33(29)41;1-19(2)29(37-20(3)16-25(21(37)4)30(38)24-10-8-7-9-11-24)31(39)35-26(33(41)42)17-22-12-14-23(15-13-22)28-27(43-6)18-34-36(5)32(28)40;1-16(2)24(31-17(3)8-9-18(31)4)25(32)29-21(27(34)36-7)14-19-10-12-20(13-11-19)23-22(35-6)15-28-30(5)26(23)33;8-7(9)6-4-2-1-3-5-6;;/h8-17,19-20,27,30H,18H2,1-7H3,(H,36,40);7-16,18-19,26,29H,17H2,1-6H3,(H,35,39)(H,41,42);8-13,15-16,21,24H,14H2,1-7H3,(H,29,32);1-5H;;1H2/q;;;;+1;/p-1/t27-,30?;26-,29?;21-,24?;;;/m000.../s1. The average Bonchev–Trinajstić information content (AvgIpc) is 1.58. The molecule has 6 aromatic heterocycles. The molecule has 134 heavy (non-hydrogen) atoms. The van der Waals surface area contributed by atoms with E-state index < -0.39 is 65.3 Å². The van der Waals surface area contributed by atoms with Gasteiger partial charge in [-0.25, -0.2) is 28.4 Å². The molecule has 6 heterocycles.